The number of anilines is 1. The zero-order valence-corrected chi connectivity index (χ0v) is 9.48. The van der Waals surface area contributed by atoms with Gasteiger partial charge in [0.05, 0.1) is 5.69 Å². The average Bonchev–Trinajstić information content (AvgIpc) is 2.15. The van der Waals surface area contributed by atoms with Crippen LogP contribution in [0.1, 0.15) is 0 Å². The fraction of sp³-hybridized carbons (Fsp3) is 0.250. The van der Waals surface area contributed by atoms with E-state index in [2.05, 4.69) is 25.4 Å². The zero-order chi connectivity index (χ0) is 13.2. The van der Waals surface area contributed by atoms with E-state index in [0.717, 1.165) is 12.1 Å². The predicted molar refractivity (Wildman–Crippen MR) is 51.9 cm³/mol. The monoisotopic (exact) mass is 321 g/mol. The van der Waals surface area contributed by atoms with Gasteiger partial charge in [-0.25, -0.2) is 0 Å². The normalized spacial score (nSPS) is 11.7. The van der Waals surface area contributed by atoms with Crippen molar-refractivity contribution in [3.63, 3.8) is 0 Å². The number of nitrogen functional groups attached to an aromatic ring is 1. The van der Waals surface area contributed by atoms with E-state index in [-0.39, 0.29) is 5.69 Å². The van der Waals surface area contributed by atoms with Crippen molar-refractivity contribution in [1.82, 2.24) is 0 Å². The molecule has 0 amide bonds. The summed E-state index contributed by atoms with van der Waals surface area (Å²) in [6.45, 7) is -3.17. The van der Waals surface area contributed by atoms with Crippen LogP contribution >= 0.6 is 15.9 Å². The van der Waals surface area contributed by atoms with Gasteiger partial charge in [-0.3, -0.25) is 0 Å². The van der Waals surface area contributed by atoms with E-state index in [1.807, 2.05) is 0 Å². The average molecular weight is 322 g/mol. The number of halogens is 6. The molecule has 9 heteroatoms. The molecule has 0 atom stereocenters. The number of nitrogens with two attached hydrogens (primary N) is 1. The molecule has 17 heavy (non-hydrogen) atoms. The van der Waals surface area contributed by atoms with Crippen molar-refractivity contribution in [2.45, 2.75) is 13.0 Å². The van der Waals surface area contributed by atoms with Crippen LogP contribution in [0, 0.1) is 0 Å². The molecule has 2 N–H and O–H groups in total. The molecule has 0 saturated heterocycles. The summed E-state index contributed by atoms with van der Waals surface area (Å²) in [4.78, 5) is 0. The summed E-state index contributed by atoms with van der Waals surface area (Å²) in [7, 11) is 0. The third-order valence-corrected chi connectivity index (χ3v) is 2.28. The van der Waals surface area contributed by atoms with Gasteiger partial charge < -0.3 is 15.2 Å². The molecule has 0 bridgehead atoms. The quantitative estimate of drug-likeness (QED) is 0.684. The third-order valence-electron chi connectivity index (χ3n) is 1.53. The second-order valence-electron chi connectivity index (χ2n) is 2.72. The second-order valence-corrected chi connectivity index (χ2v) is 3.52. The predicted octanol–water partition coefficient (Wildman–Crippen LogP) is 3.53. The van der Waals surface area contributed by atoms with Crippen LogP contribution in [0.4, 0.5) is 27.6 Å². The molecular formula is C8H5BrF5NO2. The lowest BCUT2D eigenvalue weighted by molar-refractivity contribution is -0.274. The lowest BCUT2D eigenvalue weighted by Crippen LogP contribution is -2.18. The van der Waals surface area contributed by atoms with Crippen molar-refractivity contribution in [2.75, 3.05) is 5.73 Å². The van der Waals surface area contributed by atoms with Gasteiger partial charge in [-0.15, -0.1) is 13.2 Å². The third kappa shape index (κ3) is 3.91. The van der Waals surface area contributed by atoms with Crippen LogP contribution in [0.15, 0.2) is 16.6 Å². The topological polar surface area (TPSA) is 44.5 Å². The van der Waals surface area contributed by atoms with Crippen LogP contribution in [0.2, 0.25) is 0 Å². The first-order valence-corrected chi connectivity index (χ1v) is 4.78. The second kappa shape index (κ2) is 4.94. The molecule has 0 spiro atoms. The molecule has 1 rings (SSSR count). The number of alkyl halides is 5. The highest BCUT2D eigenvalue weighted by Crippen LogP contribution is 2.41. The number of ether oxygens (including phenoxy) is 2. The Hall–Kier alpha value is -1.25. The Kier molecular flexibility index (Phi) is 4.02. The van der Waals surface area contributed by atoms with Gasteiger partial charge >= 0.3 is 13.0 Å². The molecule has 96 valence electrons. The molecule has 0 heterocycles. The molecule has 0 unspecified atom stereocenters. The minimum absolute atomic E-state index is 0.365. The first kappa shape index (κ1) is 13.8. The van der Waals surface area contributed by atoms with Crippen molar-refractivity contribution in [3.05, 3.63) is 16.6 Å². The smallest absolute Gasteiger partial charge is 0.433 e. The summed E-state index contributed by atoms with van der Waals surface area (Å²) in [6.07, 6.45) is -4.99. The van der Waals surface area contributed by atoms with Crippen molar-refractivity contribution in [2.24, 2.45) is 0 Å². The fourth-order valence-corrected chi connectivity index (χ4v) is 1.49. The first-order valence-electron chi connectivity index (χ1n) is 3.99. The summed E-state index contributed by atoms with van der Waals surface area (Å²) < 4.78 is 67.0. The van der Waals surface area contributed by atoms with Gasteiger partial charge in [0, 0.05) is 0 Å². The minimum atomic E-state index is -4.99. The maximum absolute atomic E-state index is 12.0. The summed E-state index contributed by atoms with van der Waals surface area (Å²) >= 11 is 2.65. The SMILES string of the molecule is Nc1ccc(OC(F)F)c(Br)c1OC(F)(F)F. The number of benzene rings is 1. The Labute approximate surface area is 100 Å². The van der Waals surface area contributed by atoms with E-state index in [1.165, 1.54) is 0 Å². The highest BCUT2D eigenvalue weighted by atomic mass is 79.9. The lowest BCUT2D eigenvalue weighted by Gasteiger charge is -2.15. The van der Waals surface area contributed by atoms with Crippen molar-refractivity contribution >= 4 is 21.6 Å². The van der Waals surface area contributed by atoms with Gasteiger partial charge in [-0.05, 0) is 28.1 Å². The summed E-state index contributed by atoms with van der Waals surface area (Å²) in [5.41, 5.74) is 4.87. The minimum Gasteiger partial charge on any atom is -0.433 e. The fourth-order valence-electron chi connectivity index (χ4n) is 0.959. The van der Waals surface area contributed by atoms with E-state index < -0.39 is 28.9 Å². The summed E-state index contributed by atoms with van der Waals surface area (Å²) in [5, 5.41) is 0. The molecule has 0 aliphatic rings. The maximum atomic E-state index is 12.0. The number of hydrogen-bond acceptors (Lipinski definition) is 3. The largest absolute Gasteiger partial charge is 0.573 e. The van der Waals surface area contributed by atoms with Gasteiger partial charge in [-0.1, -0.05) is 0 Å². The van der Waals surface area contributed by atoms with Crippen LogP contribution in [0.25, 0.3) is 0 Å². The zero-order valence-electron chi connectivity index (χ0n) is 7.89. The Bertz CT molecular complexity index is 410. The van der Waals surface area contributed by atoms with Gasteiger partial charge in [0.2, 0.25) is 0 Å². The molecule has 0 radical (unpaired) electrons. The van der Waals surface area contributed by atoms with E-state index in [0.29, 0.717) is 0 Å². The molecule has 3 nitrogen and oxygen atoms in total. The number of rotatable bonds is 3. The van der Waals surface area contributed by atoms with Crippen LogP contribution in [-0.4, -0.2) is 13.0 Å². The molecule has 0 aliphatic heterocycles. The van der Waals surface area contributed by atoms with E-state index >= 15 is 0 Å². The van der Waals surface area contributed by atoms with Gasteiger partial charge in [0.15, 0.2) is 5.75 Å². The molecule has 1 aromatic carbocycles. The van der Waals surface area contributed by atoms with Crippen LogP contribution in [0.3, 0.4) is 0 Å². The Balaban J connectivity index is 3.11. The Morgan fingerprint density at radius 2 is 1.82 bits per heavy atom. The van der Waals surface area contributed by atoms with Crippen molar-refractivity contribution < 1.29 is 31.4 Å². The van der Waals surface area contributed by atoms with E-state index in [9.17, 15) is 22.0 Å². The molecule has 0 aliphatic carbocycles. The standard InChI is InChI=1S/C8H5BrF5NO2/c9-5-4(16-7(10)11)2-1-3(15)6(5)17-8(12,13)14/h1-2,7H,15H2. The summed E-state index contributed by atoms with van der Waals surface area (Å²) in [5.74, 6) is -1.33. The van der Waals surface area contributed by atoms with Gasteiger partial charge in [0.1, 0.15) is 10.2 Å². The first-order chi connectivity index (χ1) is 7.70. The molecule has 0 aromatic heterocycles. The van der Waals surface area contributed by atoms with E-state index in [1.54, 1.807) is 0 Å². The van der Waals surface area contributed by atoms with Crippen LogP contribution < -0.4 is 15.2 Å². The van der Waals surface area contributed by atoms with Gasteiger partial charge in [0.25, 0.3) is 0 Å². The Morgan fingerprint density at radius 1 is 1.24 bits per heavy atom. The maximum Gasteiger partial charge on any atom is 0.573 e. The highest BCUT2D eigenvalue weighted by Gasteiger charge is 2.33. The van der Waals surface area contributed by atoms with Crippen LogP contribution in [0.5, 0.6) is 11.5 Å². The molecular weight excluding hydrogens is 317 g/mol. The number of hydrogen-bond donors (Lipinski definition) is 1. The van der Waals surface area contributed by atoms with Crippen molar-refractivity contribution in [1.29, 1.82) is 0 Å². The Morgan fingerprint density at radius 3 is 2.29 bits per heavy atom. The van der Waals surface area contributed by atoms with Crippen molar-refractivity contribution in [3.8, 4) is 11.5 Å². The van der Waals surface area contributed by atoms with E-state index in [4.69, 9.17) is 5.73 Å². The highest BCUT2D eigenvalue weighted by molar-refractivity contribution is 9.10. The van der Waals surface area contributed by atoms with Crippen LogP contribution in [-0.2, 0) is 0 Å². The lowest BCUT2D eigenvalue weighted by atomic mass is 10.3. The molecule has 0 fully saturated rings. The molecule has 0 saturated carbocycles. The van der Waals surface area contributed by atoms with Gasteiger partial charge in [-0.2, -0.15) is 8.78 Å². The molecule has 1 aromatic rings. The summed E-state index contributed by atoms with van der Waals surface area (Å²) in [6, 6.07) is 1.96.